The van der Waals surface area contributed by atoms with Crippen LogP contribution in [0, 0.1) is 6.92 Å². The van der Waals surface area contributed by atoms with Crippen LogP contribution in [0.15, 0.2) is 18.2 Å². The van der Waals surface area contributed by atoms with Crippen LogP contribution in [0.1, 0.15) is 50.3 Å². The molecule has 1 rings (SSSR count). The molecule has 0 heterocycles. The van der Waals surface area contributed by atoms with Crippen molar-refractivity contribution in [3.8, 4) is 0 Å². The van der Waals surface area contributed by atoms with E-state index in [-0.39, 0.29) is 5.41 Å². The van der Waals surface area contributed by atoms with Gasteiger partial charge in [-0.1, -0.05) is 39.0 Å². The SMILES string of the molecule is Cc1cc(C(C)(C)C)ccc1CCCCO. The Kier molecular flexibility index (Phi) is 4.55. The number of hydrogen-bond donors (Lipinski definition) is 1. The van der Waals surface area contributed by atoms with Gasteiger partial charge in [-0.05, 0) is 48.3 Å². The molecular formula is C15H24O. The molecule has 1 N–H and O–H groups in total. The van der Waals surface area contributed by atoms with Crippen LogP contribution in [-0.4, -0.2) is 11.7 Å². The molecule has 0 amide bonds. The second-order valence-electron chi connectivity index (χ2n) is 5.57. The van der Waals surface area contributed by atoms with Crippen LogP contribution in [0.2, 0.25) is 0 Å². The molecule has 0 aliphatic carbocycles. The molecule has 90 valence electrons. The van der Waals surface area contributed by atoms with Gasteiger partial charge in [0.1, 0.15) is 0 Å². The van der Waals surface area contributed by atoms with Crippen molar-refractivity contribution in [3.63, 3.8) is 0 Å². The van der Waals surface area contributed by atoms with Crippen LogP contribution in [0.25, 0.3) is 0 Å². The Labute approximate surface area is 99.5 Å². The highest BCUT2D eigenvalue weighted by atomic mass is 16.2. The molecule has 0 aromatic heterocycles. The third-order valence-electron chi connectivity index (χ3n) is 3.06. The van der Waals surface area contributed by atoms with Crippen molar-refractivity contribution in [1.29, 1.82) is 0 Å². The summed E-state index contributed by atoms with van der Waals surface area (Å²) in [7, 11) is 0. The Morgan fingerprint density at radius 3 is 2.31 bits per heavy atom. The minimum atomic E-state index is 0.231. The van der Waals surface area contributed by atoms with Gasteiger partial charge in [-0.2, -0.15) is 0 Å². The summed E-state index contributed by atoms with van der Waals surface area (Å²) in [5, 5.41) is 8.76. The third kappa shape index (κ3) is 3.64. The second-order valence-corrected chi connectivity index (χ2v) is 5.57. The summed E-state index contributed by atoms with van der Waals surface area (Å²) in [6.07, 6.45) is 3.06. The van der Waals surface area contributed by atoms with Crippen LogP contribution in [0.3, 0.4) is 0 Å². The van der Waals surface area contributed by atoms with E-state index in [0.29, 0.717) is 6.61 Å². The molecule has 0 fully saturated rings. The second kappa shape index (κ2) is 5.49. The molecule has 16 heavy (non-hydrogen) atoms. The van der Waals surface area contributed by atoms with Crippen molar-refractivity contribution < 1.29 is 5.11 Å². The predicted octanol–water partition coefficient (Wildman–Crippen LogP) is 3.61. The lowest BCUT2D eigenvalue weighted by Gasteiger charge is -2.20. The van der Waals surface area contributed by atoms with Gasteiger partial charge in [0.15, 0.2) is 0 Å². The van der Waals surface area contributed by atoms with Crippen molar-refractivity contribution in [2.24, 2.45) is 0 Å². The van der Waals surface area contributed by atoms with E-state index in [1.165, 1.54) is 16.7 Å². The zero-order valence-corrected chi connectivity index (χ0v) is 11.0. The first-order chi connectivity index (χ1) is 7.45. The molecule has 0 aliphatic rings. The van der Waals surface area contributed by atoms with E-state index >= 15 is 0 Å². The quantitative estimate of drug-likeness (QED) is 0.769. The van der Waals surface area contributed by atoms with Gasteiger partial charge in [-0.25, -0.2) is 0 Å². The van der Waals surface area contributed by atoms with E-state index in [1.807, 2.05) is 0 Å². The fourth-order valence-electron chi connectivity index (χ4n) is 1.87. The third-order valence-corrected chi connectivity index (χ3v) is 3.06. The van der Waals surface area contributed by atoms with E-state index in [9.17, 15) is 0 Å². The minimum Gasteiger partial charge on any atom is -0.396 e. The summed E-state index contributed by atoms with van der Waals surface area (Å²) in [5.41, 5.74) is 4.43. The molecular weight excluding hydrogens is 196 g/mol. The molecule has 1 aromatic carbocycles. The zero-order valence-electron chi connectivity index (χ0n) is 11.0. The maximum atomic E-state index is 8.76. The van der Waals surface area contributed by atoms with E-state index in [2.05, 4.69) is 45.9 Å². The maximum Gasteiger partial charge on any atom is 0.0431 e. The van der Waals surface area contributed by atoms with E-state index < -0.39 is 0 Å². The average Bonchev–Trinajstić information content (AvgIpc) is 2.19. The van der Waals surface area contributed by atoms with Crippen LogP contribution in [0.4, 0.5) is 0 Å². The van der Waals surface area contributed by atoms with Gasteiger partial charge in [0.25, 0.3) is 0 Å². The van der Waals surface area contributed by atoms with Crippen LogP contribution in [-0.2, 0) is 11.8 Å². The summed E-state index contributed by atoms with van der Waals surface area (Å²) in [5.74, 6) is 0. The number of unbranched alkanes of at least 4 members (excludes halogenated alkanes) is 1. The monoisotopic (exact) mass is 220 g/mol. The van der Waals surface area contributed by atoms with Gasteiger partial charge in [-0.15, -0.1) is 0 Å². The summed E-state index contributed by atoms with van der Waals surface area (Å²) in [6, 6.07) is 6.78. The number of rotatable bonds is 4. The van der Waals surface area contributed by atoms with Gasteiger partial charge in [-0.3, -0.25) is 0 Å². The Bertz CT molecular complexity index is 334. The Hall–Kier alpha value is -0.820. The molecule has 0 unspecified atom stereocenters. The highest BCUT2D eigenvalue weighted by Gasteiger charge is 2.14. The lowest BCUT2D eigenvalue weighted by atomic mass is 9.85. The van der Waals surface area contributed by atoms with Gasteiger partial charge >= 0.3 is 0 Å². The molecule has 0 aliphatic heterocycles. The lowest BCUT2D eigenvalue weighted by Crippen LogP contribution is -2.11. The molecule has 0 atom stereocenters. The summed E-state index contributed by atoms with van der Waals surface area (Å²) in [4.78, 5) is 0. The van der Waals surface area contributed by atoms with Crippen molar-refractivity contribution in [2.75, 3.05) is 6.61 Å². The fourth-order valence-corrected chi connectivity index (χ4v) is 1.87. The van der Waals surface area contributed by atoms with Gasteiger partial charge < -0.3 is 5.11 Å². The highest BCUT2D eigenvalue weighted by molar-refractivity contribution is 5.34. The normalized spacial score (nSPS) is 11.8. The summed E-state index contributed by atoms with van der Waals surface area (Å²) in [6.45, 7) is 9.22. The Morgan fingerprint density at radius 2 is 1.81 bits per heavy atom. The molecule has 0 radical (unpaired) electrons. The van der Waals surface area contributed by atoms with Gasteiger partial charge in [0.2, 0.25) is 0 Å². The van der Waals surface area contributed by atoms with Crippen molar-refractivity contribution in [1.82, 2.24) is 0 Å². The molecule has 1 heteroatoms. The van der Waals surface area contributed by atoms with Crippen LogP contribution < -0.4 is 0 Å². The van der Waals surface area contributed by atoms with Crippen LogP contribution in [0.5, 0.6) is 0 Å². The number of aliphatic hydroxyl groups excluding tert-OH is 1. The molecule has 0 spiro atoms. The first kappa shape index (κ1) is 13.2. The Morgan fingerprint density at radius 1 is 1.12 bits per heavy atom. The minimum absolute atomic E-state index is 0.231. The maximum absolute atomic E-state index is 8.76. The molecule has 0 bridgehead atoms. The number of benzene rings is 1. The molecule has 0 saturated heterocycles. The van der Waals surface area contributed by atoms with E-state index in [0.717, 1.165) is 19.3 Å². The first-order valence-corrected chi connectivity index (χ1v) is 6.16. The first-order valence-electron chi connectivity index (χ1n) is 6.16. The fraction of sp³-hybridized carbons (Fsp3) is 0.600. The topological polar surface area (TPSA) is 20.2 Å². The van der Waals surface area contributed by atoms with Crippen molar-refractivity contribution in [3.05, 3.63) is 34.9 Å². The summed E-state index contributed by atoms with van der Waals surface area (Å²) >= 11 is 0. The molecule has 1 aromatic rings. The van der Waals surface area contributed by atoms with Crippen molar-refractivity contribution in [2.45, 2.75) is 52.4 Å². The smallest absolute Gasteiger partial charge is 0.0431 e. The number of hydrogen-bond acceptors (Lipinski definition) is 1. The highest BCUT2D eigenvalue weighted by Crippen LogP contribution is 2.24. The predicted molar refractivity (Wildman–Crippen MR) is 69.9 cm³/mol. The summed E-state index contributed by atoms with van der Waals surface area (Å²) < 4.78 is 0. The van der Waals surface area contributed by atoms with E-state index in [4.69, 9.17) is 5.11 Å². The standard InChI is InChI=1S/C15H24O/c1-12-11-14(15(2,3)4)9-8-13(12)7-5-6-10-16/h8-9,11,16H,5-7,10H2,1-4H3. The molecule has 0 saturated carbocycles. The van der Waals surface area contributed by atoms with Gasteiger partial charge in [0.05, 0.1) is 0 Å². The number of aliphatic hydroxyl groups is 1. The average molecular weight is 220 g/mol. The van der Waals surface area contributed by atoms with Crippen molar-refractivity contribution >= 4 is 0 Å². The Balaban J connectivity index is 2.76. The molecule has 1 nitrogen and oxygen atoms in total. The zero-order chi connectivity index (χ0) is 12.2. The largest absolute Gasteiger partial charge is 0.396 e. The lowest BCUT2D eigenvalue weighted by molar-refractivity contribution is 0.284. The van der Waals surface area contributed by atoms with Gasteiger partial charge in [0, 0.05) is 6.61 Å². The number of aryl methyl sites for hydroxylation is 2. The van der Waals surface area contributed by atoms with E-state index in [1.54, 1.807) is 0 Å². The van der Waals surface area contributed by atoms with Crippen LogP contribution >= 0.6 is 0 Å².